The Labute approximate surface area is 143 Å². The van der Waals surface area contributed by atoms with Crippen molar-refractivity contribution in [3.8, 4) is 0 Å². The van der Waals surface area contributed by atoms with Crippen LogP contribution in [0, 0.1) is 6.92 Å². The zero-order valence-electron chi connectivity index (χ0n) is 9.26. The van der Waals surface area contributed by atoms with E-state index in [1.165, 1.54) is 6.08 Å². The van der Waals surface area contributed by atoms with Crippen LogP contribution in [0.1, 0.15) is 0 Å². The molecule has 0 atom stereocenters. The summed E-state index contributed by atoms with van der Waals surface area (Å²) in [4.78, 5) is 0. The smallest absolute Gasteiger partial charge is 0.418 e. The van der Waals surface area contributed by atoms with Gasteiger partial charge in [0.25, 0.3) is 0 Å². The zero-order valence-corrected chi connectivity index (χ0v) is 12.4. The third-order valence-corrected chi connectivity index (χ3v) is 0. The van der Waals surface area contributed by atoms with E-state index in [-0.39, 0.29) is 51.4 Å². The average Bonchev–Trinajstić information content (AvgIpc) is 1.71. The molecule has 0 aliphatic rings. The third-order valence-electron chi connectivity index (χ3n) is 0. The van der Waals surface area contributed by atoms with Gasteiger partial charge in [-0.15, -0.1) is 0 Å². The van der Waals surface area contributed by atoms with Crippen molar-refractivity contribution in [3.63, 3.8) is 0 Å². The molecule has 0 saturated carbocycles. The molecule has 0 aromatic carbocycles. The van der Waals surface area contributed by atoms with Gasteiger partial charge in [0.1, 0.15) is 0 Å². The fourth-order valence-corrected chi connectivity index (χ4v) is 0. The SMILES string of the molecule is C=C[CH2-].F[B-](F)(F)F.F[B-](F)(F)F.F[B-](F)(F)F.[K+]. The zero-order chi connectivity index (χ0) is 16.2. The van der Waals surface area contributed by atoms with Gasteiger partial charge in [0.05, 0.1) is 0 Å². The molecular formula is C3H5B3F12K-3. The number of allylic oxidation sites excluding steroid dienone is 1. The largest absolute Gasteiger partial charge is 1.00 e. The quantitative estimate of drug-likeness (QED) is 0.359. The van der Waals surface area contributed by atoms with E-state index >= 15 is 0 Å². The van der Waals surface area contributed by atoms with Gasteiger partial charge in [0.15, 0.2) is 0 Å². The van der Waals surface area contributed by atoms with Crippen LogP contribution in [0.25, 0.3) is 0 Å². The van der Waals surface area contributed by atoms with Crippen molar-refractivity contribution >= 4 is 21.8 Å². The van der Waals surface area contributed by atoms with E-state index in [9.17, 15) is 51.8 Å². The van der Waals surface area contributed by atoms with Gasteiger partial charge in [0.2, 0.25) is 0 Å². The molecule has 0 radical (unpaired) electrons. The van der Waals surface area contributed by atoms with Crippen LogP contribution < -0.4 is 51.4 Å². The van der Waals surface area contributed by atoms with E-state index in [1.54, 1.807) is 0 Å². The van der Waals surface area contributed by atoms with Crippen LogP contribution in [-0.2, 0) is 0 Å². The summed E-state index contributed by atoms with van der Waals surface area (Å²) in [5.41, 5.74) is 0. The predicted molar refractivity (Wildman–Crippen MR) is 46.1 cm³/mol. The molecule has 0 aromatic heterocycles. The second-order valence-electron chi connectivity index (χ2n) is 1.77. The van der Waals surface area contributed by atoms with Crippen LogP contribution >= 0.6 is 0 Å². The minimum Gasteiger partial charge on any atom is -0.418 e. The molecule has 0 saturated heterocycles. The minimum absolute atomic E-state index is 0. The van der Waals surface area contributed by atoms with Crippen molar-refractivity contribution in [2.75, 3.05) is 0 Å². The third kappa shape index (κ3) is 14200. The summed E-state index contributed by atoms with van der Waals surface area (Å²) >= 11 is 0. The normalized spacial score (nSPS) is 10.1. The second kappa shape index (κ2) is 15.0. The first-order valence-corrected chi connectivity index (χ1v) is 3.44. The number of hydrogen-bond acceptors (Lipinski definition) is 0. The van der Waals surface area contributed by atoms with Crippen molar-refractivity contribution in [1.82, 2.24) is 0 Å². The number of rotatable bonds is 0. The average molecular weight is 341 g/mol. The van der Waals surface area contributed by atoms with Crippen LogP contribution in [0.5, 0.6) is 0 Å². The Bertz CT molecular complexity index is 136. The van der Waals surface area contributed by atoms with E-state index in [0.717, 1.165) is 0 Å². The minimum atomic E-state index is -6.00. The second-order valence-corrected chi connectivity index (χ2v) is 1.77. The van der Waals surface area contributed by atoms with Crippen molar-refractivity contribution in [2.24, 2.45) is 0 Å². The molecule has 0 heterocycles. The number of hydrogen-bond donors (Lipinski definition) is 0. The van der Waals surface area contributed by atoms with E-state index in [1.807, 2.05) is 0 Å². The Balaban J connectivity index is -0.0000000458. The van der Waals surface area contributed by atoms with Crippen LogP contribution in [0.3, 0.4) is 0 Å². The summed E-state index contributed by atoms with van der Waals surface area (Å²) in [5, 5.41) is 0. The van der Waals surface area contributed by atoms with Crippen LogP contribution in [0.2, 0.25) is 0 Å². The first-order chi connectivity index (χ1) is 7.41. The Morgan fingerprint density at radius 1 is 0.579 bits per heavy atom. The molecule has 0 rings (SSSR count). The summed E-state index contributed by atoms with van der Waals surface area (Å²) in [6.07, 6.45) is 1.50. The maximum atomic E-state index is 9.75. The number of halogens is 12. The summed E-state index contributed by atoms with van der Waals surface area (Å²) in [5.74, 6) is 0. The van der Waals surface area contributed by atoms with Gasteiger partial charge in [-0.25, -0.2) is 19.6 Å². The van der Waals surface area contributed by atoms with Gasteiger partial charge >= 0.3 is 73.1 Å². The van der Waals surface area contributed by atoms with Gasteiger partial charge in [-0.2, -0.15) is 0 Å². The molecule has 0 aromatic rings. The first-order valence-electron chi connectivity index (χ1n) is 3.44. The predicted octanol–water partition coefficient (Wildman–Crippen LogP) is 1.91. The molecule has 0 nitrogen and oxygen atoms in total. The van der Waals surface area contributed by atoms with Crippen molar-refractivity contribution in [2.45, 2.75) is 0 Å². The van der Waals surface area contributed by atoms with Gasteiger partial charge < -0.3 is 51.8 Å². The maximum absolute atomic E-state index is 9.75. The molecular weight excluding hydrogens is 336 g/mol. The summed E-state index contributed by atoms with van der Waals surface area (Å²) in [7, 11) is -18.0. The van der Waals surface area contributed by atoms with Crippen LogP contribution in [0.4, 0.5) is 51.8 Å². The van der Waals surface area contributed by atoms with Gasteiger partial charge in [-0.1, -0.05) is 0 Å². The Kier molecular flexibility index (Phi) is 25.1. The standard InChI is InChI=1S/C3H5.3BF4.K/c1-3-2;3*2-1(3,4)5;/h3H,1-2H2;;;;/q4*-1;+1. The molecule has 0 bridgehead atoms. The fraction of sp³-hybridized carbons (Fsp3) is 0. The van der Waals surface area contributed by atoms with Crippen molar-refractivity contribution in [1.29, 1.82) is 0 Å². The molecule has 16 heteroatoms. The van der Waals surface area contributed by atoms with Crippen molar-refractivity contribution in [3.05, 3.63) is 19.6 Å². The van der Waals surface area contributed by atoms with Crippen LogP contribution in [-0.4, -0.2) is 21.8 Å². The summed E-state index contributed by atoms with van der Waals surface area (Å²) in [6, 6.07) is 0. The molecule has 0 fully saturated rings. The Morgan fingerprint density at radius 3 is 0.579 bits per heavy atom. The molecule has 0 amide bonds. The molecule has 0 spiro atoms. The molecule has 0 aliphatic carbocycles. The van der Waals surface area contributed by atoms with Gasteiger partial charge in [0, 0.05) is 0 Å². The van der Waals surface area contributed by atoms with Gasteiger partial charge in [-0.05, 0) is 0 Å². The molecule has 0 aliphatic heterocycles. The van der Waals surface area contributed by atoms with E-state index < -0.39 is 21.8 Å². The van der Waals surface area contributed by atoms with E-state index in [0.29, 0.717) is 0 Å². The Hall–Kier alpha value is 0.601. The maximum Gasteiger partial charge on any atom is 1.00 e. The van der Waals surface area contributed by atoms with E-state index in [2.05, 4.69) is 13.5 Å². The fourth-order valence-electron chi connectivity index (χ4n) is 0. The molecule has 0 N–H and O–H groups in total. The first kappa shape index (κ1) is 31.8. The van der Waals surface area contributed by atoms with E-state index in [4.69, 9.17) is 0 Å². The molecule has 0 unspecified atom stereocenters. The topological polar surface area (TPSA) is 0 Å². The van der Waals surface area contributed by atoms with Gasteiger partial charge in [-0.3, -0.25) is 0 Å². The van der Waals surface area contributed by atoms with Crippen LogP contribution in [0.15, 0.2) is 12.7 Å². The molecule has 114 valence electrons. The molecule has 19 heavy (non-hydrogen) atoms. The van der Waals surface area contributed by atoms with Crippen molar-refractivity contribution < 1.29 is 103 Å². The summed E-state index contributed by atoms with van der Waals surface area (Å²) < 4.78 is 117. The monoisotopic (exact) mass is 341 g/mol. The summed E-state index contributed by atoms with van der Waals surface area (Å²) in [6.45, 7) is 6.50. The Morgan fingerprint density at radius 2 is 0.579 bits per heavy atom.